The summed E-state index contributed by atoms with van der Waals surface area (Å²) in [5.41, 5.74) is -0.0931. The maximum atomic E-state index is 9.42. The molecular weight excluding hydrogens is 202 g/mol. The average molecular weight is 227 g/mol. The number of aliphatic hydroxyl groups excluding tert-OH is 1. The maximum Gasteiger partial charge on any atom is 0.0610 e. The zero-order valence-electron chi connectivity index (χ0n) is 10.4. The van der Waals surface area contributed by atoms with Crippen LogP contribution in [0.25, 0.3) is 0 Å². The molecule has 94 valence electrons. The fourth-order valence-corrected chi connectivity index (χ4v) is 2.17. The Bertz CT molecular complexity index is 214. The molecule has 1 atom stereocenters. The highest BCUT2D eigenvalue weighted by atomic mass is 16.5. The van der Waals surface area contributed by atoms with Crippen LogP contribution in [-0.4, -0.2) is 36.0 Å². The van der Waals surface area contributed by atoms with Gasteiger partial charge in [-0.15, -0.1) is 0 Å². The van der Waals surface area contributed by atoms with Crippen molar-refractivity contribution in [2.45, 2.75) is 69.6 Å². The second-order valence-corrected chi connectivity index (χ2v) is 5.66. The molecule has 1 unspecified atom stereocenters. The van der Waals surface area contributed by atoms with Gasteiger partial charge in [0.2, 0.25) is 0 Å². The van der Waals surface area contributed by atoms with Gasteiger partial charge in [-0.2, -0.15) is 0 Å². The van der Waals surface area contributed by atoms with Gasteiger partial charge in [0, 0.05) is 18.2 Å². The summed E-state index contributed by atoms with van der Waals surface area (Å²) in [5, 5.41) is 13.0. The Balaban J connectivity index is 1.57. The number of hydrogen-bond donors (Lipinski definition) is 2. The van der Waals surface area contributed by atoms with E-state index in [-0.39, 0.29) is 12.1 Å². The molecule has 0 aromatic rings. The van der Waals surface area contributed by atoms with Crippen molar-refractivity contribution >= 4 is 0 Å². The van der Waals surface area contributed by atoms with Crippen molar-refractivity contribution in [3.8, 4) is 0 Å². The molecule has 2 aliphatic carbocycles. The van der Waals surface area contributed by atoms with Crippen LogP contribution in [0.4, 0.5) is 0 Å². The minimum Gasteiger partial charge on any atom is -0.394 e. The lowest BCUT2D eigenvalue weighted by molar-refractivity contribution is -0.00263. The molecular formula is C13H25NO2. The Morgan fingerprint density at radius 1 is 1.31 bits per heavy atom. The van der Waals surface area contributed by atoms with Gasteiger partial charge in [0.1, 0.15) is 0 Å². The van der Waals surface area contributed by atoms with Crippen molar-refractivity contribution < 1.29 is 9.84 Å². The molecule has 0 bridgehead atoms. The number of aliphatic hydroxyl groups is 1. The molecule has 2 saturated carbocycles. The summed E-state index contributed by atoms with van der Waals surface area (Å²) in [7, 11) is 0. The monoisotopic (exact) mass is 227 g/mol. The molecule has 0 aromatic carbocycles. The summed E-state index contributed by atoms with van der Waals surface area (Å²) in [4.78, 5) is 0. The molecule has 0 saturated heterocycles. The van der Waals surface area contributed by atoms with Crippen molar-refractivity contribution in [2.24, 2.45) is 0 Å². The summed E-state index contributed by atoms with van der Waals surface area (Å²) in [5.74, 6) is 0. The number of nitrogens with one attached hydrogen (secondary N) is 1. The van der Waals surface area contributed by atoms with Gasteiger partial charge in [-0.05, 0) is 51.9 Å². The van der Waals surface area contributed by atoms with Crippen LogP contribution in [0.1, 0.15) is 51.9 Å². The third kappa shape index (κ3) is 3.72. The second kappa shape index (κ2) is 5.48. The van der Waals surface area contributed by atoms with E-state index in [2.05, 4.69) is 12.2 Å². The molecule has 3 heteroatoms. The van der Waals surface area contributed by atoms with Crippen LogP contribution < -0.4 is 5.32 Å². The van der Waals surface area contributed by atoms with Crippen LogP contribution in [-0.2, 0) is 4.74 Å². The van der Waals surface area contributed by atoms with Gasteiger partial charge in [-0.3, -0.25) is 0 Å². The lowest BCUT2D eigenvalue weighted by Gasteiger charge is -2.30. The van der Waals surface area contributed by atoms with Crippen LogP contribution in [0, 0.1) is 0 Å². The summed E-state index contributed by atoms with van der Waals surface area (Å²) in [6.07, 6.45) is 8.97. The van der Waals surface area contributed by atoms with Gasteiger partial charge in [0.15, 0.2) is 0 Å². The Morgan fingerprint density at radius 3 is 2.56 bits per heavy atom. The van der Waals surface area contributed by atoms with Gasteiger partial charge in [-0.25, -0.2) is 0 Å². The molecule has 2 rings (SSSR count). The third-order valence-electron chi connectivity index (χ3n) is 3.76. The van der Waals surface area contributed by atoms with Gasteiger partial charge >= 0.3 is 0 Å². The molecule has 2 aliphatic rings. The van der Waals surface area contributed by atoms with E-state index >= 15 is 0 Å². The summed E-state index contributed by atoms with van der Waals surface area (Å²) in [6, 6.07) is 0.657. The minimum atomic E-state index is -0.0931. The Kier molecular flexibility index (Phi) is 4.22. The second-order valence-electron chi connectivity index (χ2n) is 5.66. The zero-order valence-corrected chi connectivity index (χ0v) is 10.4. The summed E-state index contributed by atoms with van der Waals surface area (Å²) < 4.78 is 5.73. The number of rotatable bonds is 8. The predicted octanol–water partition coefficient (Wildman–Crippen LogP) is 1.84. The van der Waals surface area contributed by atoms with E-state index in [0.717, 1.165) is 19.4 Å². The number of hydrogen-bond acceptors (Lipinski definition) is 3. The van der Waals surface area contributed by atoms with E-state index in [4.69, 9.17) is 4.74 Å². The standard InChI is InChI=1S/C13H25NO2/c1-13(10-15,14-11-6-7-11)8-3-9-16-12-4-2-5-12/h11-12,14-15H,2-10H2,1H3. The fourth-order valence-electron chi connectivity index (χ4n) is 2.17. The zero-order chi connectivity index (χ0) is 11.4. The average Bonchev–Trinajstić information content (AvgIpc) is 2.98. The lowest BCUT2D eigenvalue weighted by atomic mass is 9.95. The van der Waals surface area contributed by atoms with Crippen LogP contribution in [0.5, 0.6) is 0 Å². The van der Waals surface area contributed by atoms with Crippen molar-refractivity contribution in [3.05, 3.63) is 0 Å². The first-order valence-corrected chi connectivity index (χ1v) is 6.72. The normalized spacial score (nSPS) is 25.1. The Labute approximate surface area is 98.6 Å². The Morgan fingerprint density at radius 2 is 2.06 bits per heavy atom. The molecule has 3 nitrogen and oxygen atoms in total. The first-order chi connectivity index (χ1) is 7.72. The highest BCUT2D eigenvalue weighted by Crippen LogP contribution is 2.25. The molecule has 0 aromatic heterocycles. The maximum absolute atomic E-state index is 9.42. The fraction of sp³-hybridized carbons (Fsp3) is 1.00. The molecule has 0 spiro atoms. The van der Waals surface area contributed by atoms with Gasteiger partial charge in [0.05, 0.1) is 12.7 Å². The topological polar surface area (TPSA) is 41.5 Å². The molecule has 2 N–H and O–H groups in total. The van der Waals surface area contributed by atoms with Crippen molar-refractivity contribution in [1.82, 2.24) is 5.32 Å². The van der Waals surface area contributed by atoms with Gasteiger partial charge in [-0.1, -0.05) is 0 Å². The first-order valence-electron chi connectivity index (χ1n) is 6.72. The summed E-state index contributed by atoms with van der Waals surface area (Å²) >= 11 is 0. The predicted molar refractivity (Wildman–Crippen MR) is 64.5 cm³/mol. The highest BCUT2D eigenvalue weighted by Gasteiger charge is 2.31. The van der Waals surface area contributed by atoms with E-state index < -0.39 is 0 Å². The van der Waals surface area contributed by atoms with Crippen molar-refractivity contribution in [3.63, 3.8) is 0 Å². The summed E-state index contributed by atoms with van der Waals surface area (Å²) in [6.45, 7) is 3.20. The molecule has 0 aliphatic heterocycles. The quantitative estimate of drug-likeness (QED) is 0.622. The van der Waals surface area contributed by atoms with E-state index in [9.17, 15) is 5.11 Å². The molecule has 0 radical (unpaired) electrons. The smallest absolute Gasteiger partial charge is 0.0610 e. The largest absolute Gasteiger partial charge is 0.394 e. The minimum absolute atomic E-state index is 0.0931. The van der Waals surface area contributed by atoms with E-state index in [1.807, 2.05) is 0 Å². The number of ether oxygens (including phenoxy) is 1. The van der Waals surface area contributed by atoms with Gasteiger partial charge < -0.3 is 15.2 Å². The van der Waals surface area contributed by atoms with Gasteiger partial charge in [0.25, 0.3) is 0 Å². The Hall–Kier alpha value is -0.120. The SMILES string of the molecule is CC(CO)(CCCOC1CCC1)NC1CC1. The van der Waals surface area contributed by atoms with E-state index in [0.29, 0.717) is 12.1 Å². The highest BCUT2D eigenvalue weighted by molar-refractivity contribution is 4.92. The lowest BCUT2D eigenvalue weighted by Crippen LogP contribution is -2.47. The van der Waals surface area contributed by atoms with Crippen LogP contribution in [0.2, 0.25) is 0 Å². The molecule has 0 amide bonds. The van der Waals surface area contributed by atoms with Crippen LogP contribution >= 0.6 is 0 Å². The van der Waals surface area contributed by atoms with Crippen molar-refractivity contribution in [2.75, 3.05) is 13.2 Å². The molecule has 0 heterocycles. The van der Waals surface area contributed by atoms with Crippen LogP contribution in [0.3, 0.4) is 0 Å². The van der Waals surface area contributed by atoms with Crippen LogP contribution in [0.15, 0.2) is 0 Å². The first kappa shape index (κ1) is 12.3. The molecule has 16 heavy (non-hydrogen) atoms. The van der Waals surface area contributed by atoms with Crippen molar-refractivity contribution in [1.29, 1.82) is 0 Å². The van der Waals surface area contributed by atoms with E-state index in [1.165, 1.54) is 32.1 Å². The third-order valence-corrected chi connectivity index (χ3v) is 3.76. The molecule has 2 fully saturated rings. The van der Waals surface area contributed by atoms with E-state index in [1.54, 1.807) is 0 Å².